The van der Waals surface area contributed by atoms with Gasteiger partial charge in [-0.1, -0.05) is 12.5 Å². The summed E-state index contributed by atoms with van der Waals surface area (Å²) < 4.78 is 0. The van der Waals surface area contributed by atoms with Gasteiger partial charge >= 0.3 is 6.03 Å². The van der Waals surface area contributed by atoms with Crippen molar-refractivity contribution in [3.05, 3.63) is 11.1 Å². The molecule has 0 bridgehead atoms. The van der Waals surface area contributed by atoms with Crippen LogP contribution in [0.2, 0.25) is 0 Å². The molecule has 0 aromatic heterocycles. The molecule has 1 rings (SSSR count). The predicted molar refractivity (Wildman–Crippen MR) is 56.9 cm³/mol. The van der Waals surface area contributed by atoms with Gasteiger partial charge in [-0.2, -0.15) is 5.10 Å². The molecule has 0 heterocycles. The number of carbonyl (C=O) groups excluding carboxylic acids is 1. The first-order chi connectivity index (χ1) is 6.61. The van der Waals surface area contributed by atoms with Crippen LogP contribution in [0.1, 0.15) is 33.1 Å². The van der Waals surface area contributed by atoms with Crippen LogP contribution in [0.3, 0.4) is 0 Å². The molecular formula is C10H17N3O. The third-order valence-corrected chi connectivity index (χ3v) is 2.59. The molecular weight excluding hydrogens is 178 g/mol. The number of nitrogens with one attached hydrogen (secondary N) is 1. The summed E-state index contributed by atoms with van der Waals surface area (Å²) in [5, 5.41) is 3.79. The zero-order chi connectivity index (χ0) is 10.6. The minimum atomic E-state index is -0.622. The largest absolute Gasteiger partial charge is 0.350 e. The second-order valence-corrected chi connectivity index (χ2v) is 3.76. The van der Waals surface area contributed by atoms with Crippen molar-refractivity contribution >= 4 is 12.2 Å². The molecule has 0 aromatic carbocycles. The van der Waals surface area contributed by atoms with Crippen molar-refractivity contribution in [3.8, 4) is 0 Å². The maximum Gasteiger partial charge on any atom is 0.332 e. The molecule has 0 radical (unpaired) electrons. The summed E-state index contributed by atoms with van der Waals surface area (Å²) in [6.45, 7) is 4.29. The van der Waals surface area contributed by atoms with Crippen molar-refractivity contribution in [1.82, 2.24) is 5.43 Å². The summed E-state index contributed by atoms with van der Waals surface area (Å²) in [4.78, 5) is 10.4. The van der Waals surface area contributed by atoms with Gasteiger partial charge in [-0.25, -0.2) is 10.2 Å². The van der Waals surface area contributed by atoms with E-state index in [1.807, 2.05) is 0 Å². The topological polar surface area (TPSA) is 67.5 Å². The van der Waals surface area contributed by atoms with Gasteiger partial charge in [0.25, 0.3) is 0 Å². The maximum absolute atomic E-state index is 10.4. The van der Waals surface area contributed by atoms with E-state index >= 15 is 0 Å². The van der Waals surface area contributed by atoms with Gasteiger partial charge in [0.1, 0.15) is 0 Å². The highest BCUT2D eigenvalue weighted by Gasteiger charge is 2.15. The number of primary amides is 1. The lowest BCUT2D eigenvalue weighted by Crippen LogP contribution is -2.24. The summed E-state index contributed by atoms with van der Waals surface area (Å²) in [5.74, 6) is 0.530. The van der Waals surface area contributed by atoms with Gasteiger partial charge < -0.3 is 5.73 Å². The van der Waals surface area contributed by atoms with Crippen LogP contribution in [0.25, 0.3) is 0 Å². The Labute approximate surface area is 84.2 Å². The van der Waals surface area contributed by atoms with Gasteiger partial charge in [0.15, 0.2) is 0 Å². The van der Waals surface area contributed by atoms with Crippen LogP contribution in [0, 0.1) is 5.92 Å². The molecule has 0 fully saturated rings. The van der Waals surface area contributed by atoms with Gasteiger partial charge in [0, 0.05) is 0 Å². The molecule has 1 atom stereocenters. The third-order valence-electron chi connectivity index (χ3n) is 2.59. The molecule has 1 unspecified atom stereocenters. The lowest BCUT2D eigenvalue weighted by atomic mass is 9.85. The molecule has 0 aliphatic heterocycles. The summed E-state index contributed by atoms with van der Waals surface area (Å²) in [5.41, 5.74) is 9.69. The molecule has 0 saturated heterocycles. The quantitative estimate of drug-likeness (QED) is 0.512. The van der Waals surface area contributed by atoms with Crippen molar-refractivity contribution in [2.45, 2.75) is 33.1 Å². The van der Waals surface area contributed by atoms with Crippen LogP contribution in [-0.2, 0) is 0 Å². The first-order valence-corrected chi connectivity index (χ1v) is 4.89. The van der Waals surface area contributed by atoms with Crippen molar-refractivity contribution in [2.75, 3.05) is 0 Å². The molecule has 0 saturated carbocycles. The Morgan fingerprint density at radius 3 is 3.00 bits per heavy atom. The van der Waals surface area contributed by atoms with E-state index in [0.29, 0.717) is 5.92 Å². The van der Waals surface area contributed by atoms with E-state index in [2.05, 4.69) is 24.4 Å². The highest BCUT2D eigenvalue weighted by atomic mass is 16.2. The van der Waals surface area contributed by atoms with Crippen LogP contribution in [0.4, 0.5) is 4.79 Å². The van der Waals surface area contributed by atoms with Gasteiger partial charge in [-0.05, 0) is 37.7 Å². The first kappa shape index (κ1) is 10.8. The van der Waals surface area contributed by atoms with E-state index in [4.69, 9.17) is 5.73 Å². The van der Waals surface area contributed by atoms with Crippen molar-refractivity contribution in [1.29, 1.82) is 0 Å². The van der Waals surface area contributed by atoms with E-state index in [1.165, 1.54) is 24.0 Å². The fraction of sp³-hybridized carbons (Fsp3) is 0.600. The number of rotatable bonds is 2. The Hall–Kier alpha value is -1.32. The molecule has 14 heavy (non-hydrogen) atoms. The molecule has 2 amide bonds. The SMILES string of the molecule is CC1=C(/C=N/NC(N)=O)C(C)CCC1. The lowest BCUT2D eigenvalue weighted by Gasteiger charge is -2.21. The lowest BCUT2D eigenvalue weighted by molar-refractivity contribution is 0.249. The van der Waals surface area contributed by atoms with E-state index < -0.39 is 6.03 Å². The normalized spacial score (nSPS) is 22.9. The zero-order valence-corrected chi connectivity index (χ0v) is 8.71. The van der Waals surface area contributed by atoms with E-state index in [-0.39, 0.29) is 0 Å². The fourth-order valence-electron chi connectivity index (χ4n) is 1.80. The molecule has 78 valence electrons. The number of urea groups is 1. The molecule has 4 nitrogen and oxygen atoms in total. The van der Waals surface area contributed by atoms with Gasteiger partial charge in [0.05, 0.1) is 6.21 Å². The third kappa shape index (κ3) is 2.87. The maximum atomic E-state index is 10.4. The van der Waals surface area contributed by atoms with E-state index in [9.17, 15) is 4.79 Å². The Morgan fingerprint density at radius 1 is 1.71 bits per heavy atom. The molecule has 1 aliphatic carbocycles. The second-order valence-electron chi connectivity index (χ2n) is 3.76. The highest BCUT2D eigenvalue weighted by molar-refractivity contribution is 5.82. The van der Waals surface area contributed by atoms with Crippen LogP contribution in [0.15, 0.2) is 16.2 Å². The number of nitrogens with two attached hydrogens (primary N) is 1. The van der Waals surface area contributed by atoms with E-state index in [0.717, 1.165) is 6.42 Å². The van der Waals surface area contributed by atoms with Gasteiger partial charge in [-0.3, -0.25) is 0 Å². The van der Waals surface area contributed by atoms with Crippen molar-refractivity contribution in [2.24, 2.45) is 16.8 Å². The molecule has 1 aliphatic rings. The number of carbonyl (C=O) groups is 1. The fourth-order valence-corrected chi connectivity index (χ4v) is 1.80. The molecule has 0 aromatic rings. The van der Waals surface area contributed by atoms with E-state index in [1.54, 1.807) is 6.21 Å². The summed E-state index contributed by atoms with van der Waals surface area (Å²) in [6, 6.07) is -0.622. The Balaban J connectivity index is 2.65. The number of hydrogen-bond donors (Lipinski definition) is 2. The summed E-state index contributed by atoms with van der Waals surface area (Å²) >= 11 is 0. The number of nitrogens with zero attached hydrogens (tertiary/aromatic N) is 1. The Bertz CT molecular complexity index is 281. The first-order valence-electron chi connectivity index (χ1n) is 4.89. The standard InChI is InChI=1S/C10H17N3O/c1-7-4-3-5-8(2)9(7)6-12-13-10(11)14/h6-7H,3-5H2,1-2H3,(H3,11,13,14)/b12-6+. The zero-order valence-electron chi connectivity index (χ0n) is 8.71. The second kappa shape index (κ2) is 4.79. The minimum absolute atomic E-state index is 0.530. The predicted octanol–water partition coefficient (Wildman–Crippen LogP) is 1.78. The van der Waals surface area contributed by atoms with Crippen LogP contribution < -0.4 is 11.2 Å². The Kier molecular flexibility index (Phi) is 3.68. The van der Waals surface area contributed by atoms with Crippen molar-refractivity contribution < 1.29 is 4.79 Å². The van der Waals surface area contributed by atoms with Gasteiger partial charge in [-0.15, -0.1) is 0 Å². The summed E-state index contributed by atoms with van der Waals surface area (Å²) in [6.07, 6.45) is 5.27. The smallest absolute Gasteiger partial charge is 0.332 e. The molecule has 4 heteroatoms. The molecule has 0 spiro atoms. The van der Waals surface area contributed by atoms with Crippen LogP contribution in [0.5, 0.6) is 0 Å². The number of hydrogen-bond acceptors (Lipinski definition) is 2. The minimum Gasteiger partial charge on any atom is -0.350 e. The average Bonchev–Trinajstić information content (AvgIpc) is 2.09. The van der Waals surface area contributed by atoms with Crippen molar-refractivity contribution in [3.63, 3.8) is 0 Å². The summed E-state index contributed by atoms with van der Waals surface area (Å²) in [7, 11) is 0. The molecule has 3 N–H and O–H groups in total. The average molecular weight is 195 g/mol. The van der Waals surface area contributed by atoms with Crippen LogP contribution >= 0.6 is 0 Å². The number of hydrazone groups is 1. The monoisotopic (exact) mass is 195 g/mol. The van der Waals surface area contributed by atoms with Gasteiger partial charge in [0.2, 0.25) is 0 Å². The van der Waals surface area contributed by atoms with Crippen LogP contribution in [-0.4, -0.2) is 12.2 Å². The number of amides is 2. The number of allylic oxidation sites excluding steroid dienone is 2. The Morgan fingerprint density at radius 2 is 2.43 bits per heavy atom. The highest BCUT2D eigenvalue weighted by Crippen LogP contribution is 2.28.